The zero-order chi connectivity index (χ0) is 20.1. The van der Waals surface area contributed by atoms with Crippen LogP contribution in [0.25, 0.3) is 0 Å². The Labute approximate surface area is 174 Å². The van der Waals surface area contributed by atoms with Gasteiger partial charge < -0.3 is 15.4 Å². The number of hydrogen-bond acceptors (Lipinski definition) is 3. The van der Waals surface area contributed by atoms with Crippen molar-refractivity contribution >= 4 is 46.2 Å². The number of ether oxygens (including phenoxy) is 1. The minimum absolute atomic E-state index is 0.288. The molecule has 1 atom stereocenters. The van der Waals surface area contributed by atoms with E-state index in [0.717, 1.165) is 11.4 Å². The fraction of sp³-hybridized carbons (Fsp3) is 0.136. The molecule has 0 fully saturated rings. The van der Waals surface area contributed by atoms with Crippen molar-refractivity contribution in [2.75, 3.05) is 10.6 Å². The van der Waals surface area contributed by atoms with Crippen LogP contribution in [0.1, 0.15) is 12.5 Å². The van der Waals surface area contributed by atoms with Gasteiger partial charge in [0.05, 0.1) is 16.4 Å². The summed E-state index contributed by atoms with van der Waals surface area (Å²) in [5, 5.41) is 7.08. The number of amides is 1. The Morgan fingerprint density at radius 2 is 1.64 bits per heavy atom. The van der Waals surface area contributed by atoms with Crippen LogP contribution in [0.5, 0.6) is 5.75 Å². The largest absolute Gasteiger partial charge is 0.479 e. The van der Waals surface area contributed by atoms with Crippen LogP contribution in [0.15, 0.2) is 66.7 Å². The first kappa shape index (κ1) is 20.1. The number of carbonyl (C=O) groups is 1. The molecule has 1 unspecified atom stereocenters. The van der Waals surface area contributed by atoms with E-state index in [4.69, 9.17) is 27.9 Å². The van der Waals surface area contributed by atoms with Crippen LogP contribution in [0.4, 0.5) is 17.1 Å². The van der Waals surface area contributed by atoms with Crippen molar-refractivity contribution in [3.05, 3.63) is 82.3 Å². The molecule has 0 aliphatic rings. The van der Waals surface area contributed by atoms with Gasteiger partial charge in [-0.3, -0.25) is 4.79 Å². The summed E-state index contributed by atoms with van der Waals surface area (Å²) in [5.74, 6) is 0.115. The van der Waals surface area contributed by atoms with Gasteiger partial charge in [0, 0.05) is 10.7 Å². The summed E-state index contributed by atoms with van der Waals surface area (Å²) in [6, 6.07) is 20.4. The molecule has 3 aromatic rings. The van der Waals surface area contributed by atoms with Crippen molar-refractivity contribution in [3.63, 3.8) is 0 Å². The summed E-state index contributed by atoms with van der Waals surface area (Å²) in [6.45, 7) is 3.70. The highest BCUT2D eigenvalue weighted by molar-refractivity contribution is 6.35. The number of carbonyl (C=O) groups excluding carboxylic acids is 1. The number of para-hydroxylation sites is 2. The molecule has 2 N–H and O–H groups in total. The maximum Gasteiger partial charge on any atom is 0.265 e. The van der Waals surface area contributed by atoms with Gasteiger partial charge in [0.25, 0.3) is 5.91 Å². The van der Waals surface area contributed by atoms with Crippen LogP contribution in [0.3, 0.4) is 0 Å². The summed E-state index contributed by atoms with van der Waals surface area (Å²) in [5.41, 5.74) is 3.56. The summed E-state index contributed by atoms with van der Waals surface area (Å²) in [4.78, 5) is 12.6. The maximum absolute atomic E-state index is 12.6. The molecule has 0 saturated heterocycles. The molecule has 4 nitrogen and oxygen atoms in total. The number of nitrogens with one attached hydrogen (secondary N) is 2. The number of rotatable bonds is 6. The number of anilines is 3. The normalized spacial score (nSPS) is 11.6. The third kappa shape index (κ3) is 5.18. The molecule has 0 bridgehead atoms. The van der Waals surface area contributed by atoms with Crippen LogP contribution < -0.4 is 15.4 Å². The quantitative estimate of drug-likeness (QED) is 0.486. The molecule has 144 valence electrons. The van der Waals surface area contributed by atoms with Gasteiger partial charge in [0.15, 0.2) is 6.10 Å². The molecular weight excluding hydrogens is 395 g/mol. The summed E-state index contributed by atoms with van der Waals surface area (Å²) in [7, 11) is 0. The van der Waals surface area contributed by atoms with Gasteiger partial charge in [-0.05, 0) is 56.3 Å². The van der Waals surface area contributed by atoms with E-state index in [1.54, 1.807) is 25.1 Å². The second kappa shape index (κ2) is 9.00. The monoisotopic (exact) mass is 414 g/mol. The first-order valence-corrected chi connectivity index (χ1v) is 9.53. The molecule has 0 saturated carbocycles. The van der Waals surface area contributed by atoms with E-state index in [1.165, 1.54) is 5.56 Å². The summed E-state index contributed by atoms with van der Waals surface area (Å²) in [6.07, 6.45) is -0.744. The van der Waals surface area contributed by atoms with E-state index in [-0.39, 0.29) is 5.91 Å². The van der Waals surface area contributed by atoms with E-state index >= 15 is 0 Å². The van der Waals surface area contributed by atoms with Crippen LogP contribution in [-0.4, -0.2) is 12.0 Å². The smallest absolute Gasteiger partial charge is 0.265 e. The predicted octanol–water partition coefficient (Wildman–Crippen LogP) is 6.45. The van der Waals surface area contributed by atoms with Gasteiger partial charge in [0.2, 0.25) is 0 Å². The van der Waals surface area contributed by atoms with Gasteiger partial charge in [-0.15, -0.1) is 0 Å². The molecule has 1 amide bonds. The zero-order valence-corrected chi connectivity index (χ0v) is 17.0. The Hall–Kier alpha value is -2.69. The lowest BCUT2D eigenvalue weighted by atomic mass is 10.2. The van der Waals surface area contributed by atoms with Crippen molar-refractivity contribution in [1.82, 2.24) is 0 Å². The highest BCUT2D eigenvalue weighted by Gasteiger charge is 2.17. The predicted molar refractivity (Wildman–Crippen MR) is 116 cm³/mol. The molecule has 6 heteroatoms. The lowest BCUT2D eigenvalue weighted by Gasteiger charge is -2.18. The minimum Gasteiger partial charge on any atom is -0.479 e. The molecule has 0 aromatic heterocycles. The van der Waals surface area contributed by atoms with E-state index in [2.05, 4.69) is 10.6 Å². The van der Waals surface area contributed by atoms with E-state index in [0.29, 0.717) is 21.5 Å². The van der Waals surface area contributed by atoms with Gasteiger partial charge in [0.1, 0.15) is 5.75 Å². The Balaban J connectivity index is 1.70. The van der Waals surface area contributed by atoms with Gasteiger partial charge in [-0.2, -0.15) is 0 Å². The molecule has 0 spiro atoms. The molecule has 0 aliphatic heterocycles. The van der Waals surface area contributed by atoms with Gasteiger partial charge in [-0.1, -0.05) is 53.0 Å². The first-order chi connectivity index (χ1) is 13.4. The summed E-state index contributed by atoms with van der Waals surface area (Å²) >= 11 is 12.0. The fourth-order valence-electron chi connectivity index (χ4n) is 2.54. The molecule has 0 aliphatic carbocycles. The van der Waals surface area contributed by atoms with Crippen molar-refractivity contribution < 1.29 is 9.53 Å². The van der Waals surface area contributed by atoms with E-state index in [9.17, 15) is 4.79 Å². The molecule has 28 heavy (non-hydrogen) atoms. The highest BCUT2D eigenvalue weighted by Crippen LogP contribution is 2.29. The Bertz CT molecular complexity index is 975. The minimum atomic E-state index is -0.744. The van der Waals surface area contributed by atoms with Crippen LogP contribution in [-0.2, 0) is 4.79 Å². The second-order valence-electron chi connectivity index (χ2n) is 6.36. The molecule has 0 heterocycles. The topological polar surface area (TPSA) is 50.4 Å². The number of aryl methyl sites for hydroxylation is 1. The highest BCUT2D eigenvalue weighted by atomic mass is 35.5. The first-order valence-electron chi connectivity index (χ1n) is 8.77. The van der Waals surface area contributed by atoms with Gasteiger partial charge >= 0.3 is 0 Å². The van der Waals surface area contributed by atoms with Gasteiger partial charge in [-0.25, -0.2) is 0 Å². The van der Waals surface area contributed by atoms with Crippen molar-refractivity contribution in [1.29, 1.82) is 0 Å². The molecule has 3 rings (SSSR count). The lowest BCUT2D eigenvalue weighted by molar-refractivity contribution is -0.122. The molecule has 3 aromatic carbocycles. The maximum atomic E-state index is 12.6. The van der Waals surface area contributed by atoms with Crippen molar-refractivity contribution in [3.8, 4) is 5.75 Å². The van der Waals surface area contributed by atoms with Crippen LogP contribution in [0.2, 0.25) is 10.0 Å². The Morgan fingerprint density at radius 3 is 2.32 bits per heavy atom. The zero-order valence-electron chi connectivity index (χ0n) is 15.5. The molecule has 0 radical (unpaired) electrons. The van der Waals surface area contributed by atoms with E-state index < -0.39 is 6.10 Å². The summed E-state index contributed by atoms with van der Waals surface area (Å²) < 4.78 is 5.68. The van der Waals surface area contributed by atoms with Crippen LogP contribution >= 0.6 is 23.2 Å². The van der Waals surface area contributed by atoms with E-state index in [1.807, 2.05) is 55.5 Å². The standard InChI is InChI=1S/C22H20Cl2N2O2/c1-14-7-10-17(11-8-14)25-19-5-3-4-6-20(19)26-22(27)15(2)28-21-12-9-16(23)13-18(21)24/h3-13,15,25H,1-2H3,(H,26,27). The second-order valence-corrected chi connectivity index (χ2v) is 7.20. The van der Waals surface area contributed by atoms with Crippen molar-refractivity contribution in [2.45, 2.75) is 20.0 Å². The third-order valence-electron chi connectivity index (χ3n) is 4.08. The van der Waals surface area contributed by atoms with Crippen LogP contribution in [0, 0.1) is 6.92 Å². The Kier molecular flexibility index (Phi) is 6.45. The number of benzene rings is 3. The third-order valence-corrected chi connectivity index (χ3v) is 4.61. The average molecular weight is 415 g/mol. The lowest BCUT2D eigenvalue weighted by Crippen LogP contribution is -2.30. The van der Waals surface area contributed by atoms with Crippen molar-refractivity contribution in [2.24, 2.45) is 0 Å². The average Bonchev–Trinajstić information content (AvgIpc) is 2.67. The number of hydrogen-bond donors (Lipinski definition) is 2. The fourth-order valence-corrected chi connectivity index (χ4v) is 3.00. The Morgan fingerprint density at radius 1 is 0.964 bits per heavy atom. The SMILES string of the molecule is Cc1ccc(Nc2ccccc2NC(=O)C(C)Oc2ccc(Cl)cc2Cl)cc1. The number of halogens is 2. The molecular formula is C22H20Cl2N2O2.